The summed E-state index contributed by atoms with van der Waals surface area (Å²) in [5, 5.41) is 0. The maximum Gasteiger partial charge on any atom is 0.211 e. The average molecular weight is 300 g/mol. The Morgan fingerprint density at radius 3 is 2.75 bits per heavy atom. The van der Waals surface area contributed by atoms with Crippen LogP contribution in [0.25, 0.3) is 0 Å². The van der Waals surface area contributed by atoms with Gasteiger partial charge < -0.3 is 9.64 Å². The second-order valence-electron chi connectivity index (χ2n) is 4.95. The van der Waals surface area contributed by atoms with Crippen LogP contribution in [0, 0.1) is 5.92 Å². The quantitative estimate of drug-likeness (QED) is 0.768. The summed E-state index contributed by atoms with van der Waals surface area (Å²) in [6, 6.07) is 0. The van der Waals surface area contributed by atoms with E-state index >= 15 is 0 Å². The number of sulfonamides is 1. The van der Waals surface area contributed by atoms with Gasteiger partial charge in [0.2, 0.25) is 10.0 Å². The van der Waals surface area contributed by atoms with E-state index in [1.165, 1.54) is 10.6 Å². The SMILES string of the molecule is COCC1CN(c2cnccn2)CCN(S(C)(=O)=O)C1. The van der Waals surface area contributed by atoms with Gasteiger partial charge in [0.15, 0.2) is 0 Å². The lowest BCUT2D eigenvalue weighted by Crippen LogP contribution is -2.36. The van der Waals surface area contributed by atoms with Gasteiger partial charge in [0.1, 0.15) is 5.82 Å². The molecule has 2 heterocycles. The molecule has 2 rings (SSSR count). The zero-order chi connectivity index (χ0) is 14.6. The fourth-order valence-electron chi connectivity index (χ4n) is 2.38. The van der Waals surface area contributed by atoms with E-state index in [4.69, 9.17) is 4.74 Å². The van der Waals surface area contributed by atoms with Crippen LogP contribution in [0.2, 0.25) is 0 Å². The Labute approximate surface area is 119 Å². The summed E-state index contributed by atoms with van der Waals surface area (Å²) in [5.41, 5.74) is 0. The third kappa shape index (κ3) is 3.87. The van der Waals surface area contributed by atoms with Gasteiger partial charge in [0.05, 0.1) is 19.1 Å². The monoisotopic (exact) mass is 300 g/mol. The highest BCUT2D eigenvalue weighted by Crippen LogP contribution is 2.17. The van der Waals surface area contributed by atoms with Gasteiger partial charge in [-0.05, 0) is 0 Å². The van der Waals surface area contributed by atoms with Crippen molar-refractivity contribution >= 4 is 15.8 Å². The first-order chi connectivity index (χ1) is 9.50. The van der Waals surface area contributed by atoms with Gasteiger partial charge in [-0.1, -0.05) is 0 Å². The van der Waals surface area contributed by atoms with Crippen molar-refractivity contribution in [3.8, 4) is 0 Å². The first-order valence-corrected chi connectivity index (χ1v) is 8.30. The molecular weight excluding hydrogens is 280 g/mol. The van der Waals surface area contributed by atoms with Gasteiger partial charge in [-0.25, -0.2) is 13.4 Å². The molecule has 0 saturated carbocycles. The second-order valence-corrected chi connectivity index (χ2v) is 6.93. The minimum absolute atomic E-state index is 0.110. The van der Waals surface area contributed by atoms with Gasteiger partial charge in [0.25, 0.3) is 0 Å². The molecule has 0 aromatic carbocycles. The maximum absolute atomic E-state index is 11.8. The third-order valence-electron chi connectivity index (χ3n) is 3.30. The molecule has 7 nitrogen and oxygen atoms in total. The predicted molar refractivity (Wildman–Crippen MR) is 76.0 cm³/mol. The first kappa shape index (κ1) is 15.1. The maximum atomic E-state index is 11.8. The largest absolute Gasteiger partial charge is 0.384 e. The molecule has 0 aliphatic carbocycles. The van der Waals surface area contributed by atoms with Crippen molar-refractivity contribution in [2.45, 2.75) is 0 Å². The Kier molecular flexibility index (Phi) is 4.90. The van der Waals surface area contributed by atoms with Gasteiger partial charge in [-0.3, -0.25) is 4.98 Å². The fourth-order valence-corrected chi connectivity index (χ4v) is 3.27. The van der Waals surface area contributed by atoms with Crippen LogP contribution in [0.1, 0.15) is 0 Å². The Balaban J connectivity index is 2.18. The van der Waals surface area contributed by atoms with E-state index in [0.717, 1.165) is 5.82 Å². The number of hydrogen-bond acceptors (Lipinski definition) is 6. The molecule has 1 saturated heterocycles. The highest BCUT2D eigenvalue weighted by atomic mass is 32.2. The molecule has 0 amide bonds. The van der Waals surface area contributed by atoms with Gasteiger partial charge in [0, 0.05) is 51.6 Å². The Hall–Kier alpha value is -1.25. The first-order valence-electron chi connectivity index (χ1n) is 6.45. The van der Waals surface area contributed by atoms with E-state index in [9.17, 15) is 8.42 Å². The number of ether oxygens (including phenoxy) is 1. The zero-order valence-electron chi connectivity index (χ0n) is 11.8. The van der Waals surface area contributed by atoms with Crippen LogP contribution in [0.15, 0.2) is 18.6 Å². The molecule has 0 bridgehead atoms. The summed E-state index contributed by atoms with van der Waals surface area (Å²) >= 11 is 0. The van der Waals surface area contributed by atoms with Crippen LogP contribution >= 0.6 is 0 Å². The van der Waals surface area contributed by atoms with Crippen LogP contribution in [-0.4, -0.2) is 68.8 Å². The molecule has 0 spiro atoms. The van der Waals surface area contributed by atoms with Crippen molar-refractivity contribution < 1.29 is 13.2 Å². The molecule has 1 fully saturated rings. The van der Waals surface area contributed by atoms with Crippen LogP contribution in [0.5, 0.6) is 0 Å². The number of anilines is 1. The van der Waals surface area contributed by atoms with Crippen molar-refractivity contribution in [2.24, 2.45) is 5.92 Å². The fraction of sp³-hybridized carbons (Fsp3) is 0.667. The molecule has 1 atom stereocenters. The lowest BCUT2D eigenvalue weighted by Gasteiger charge is -2.24. The van der Waals surface area contributed by atoms with E-state index < -0.39 is 10.0 Å². The van der Waals surface area contributed by atoms with E-state index in [-0.39, 0.29) is 5.92 Å². The lowest BCUT2D eigenvalue weighted by molar-refractivity contribution is 0.147. The van der Waals surface area contributed by atoms with Crippen LogP contribution < -0.4 is 4.90 Å². The van der Waals surface area contributed by atoms with Crippen molar-refractivity contribution in [1.29, 1.82) is 0 Å². The van der Waals surface area contributed by atoms with Gasteiger partial charge >= 0.3 is 0 Å². The second kappa shape index (κ2) is 6.47. The van der Waals surface area contributed by atoms with Crippen molar-refractivity contribution in [2.75, 3.05) is 51.1 Å². The molecule has 20 heavy (non-hydrogen) atoms. The summed E-state index contributed by atoms with van der Waals surface area (Å²) in [6.07, 6.45) is 6.20. The van der Waals surface area contributed by atoms with E-state index in [1.54, 1.807) is 25.7 Å². The minimum Gasteiger partial charge on any atom is -0.384 e. The smallest absolute Gasteiger partial charge is 0.211 e. The average Bonchev–Trinajstić information content (AvgIpc) is 2.62. The minimum atomic E-state index is -3.19. The number of hydrogen-bond donors (Lipinski definition) is 0. The van der Waals surface area contributed by atoms with E-state index in [1.807, 2.05) is 0 Å². The van der Waals surface area contributed by atoms with Crippen LogP contribution in [0.3, 0.4) is 0 Å². The topological polar surface area (TPSA) is 75.6 Å². The third-order valence-corrected chi connectivity index (χ3v) is 4.57. The van der Waals surface area contributed by atoms with Crippen molar-refractivity contribution in [3.63, 3.8) is 0 Å². The molecule has 0 N–H and O–H groups in total. The normalized spacial score (nSPS) is 21.7. The summed E-state index contributed by atoms with van der Waals surface area (Å²) in [6.45, 7) is 2.76. The molecule has 112 valence electrons. The van der Waals surface area contributed by atoms with Crippen LogP contribution in [-0.2, 0) is 14.8 Å². The Bertz CT molecular complexity index is 523. The summed E-state index contributed by atoms with van der Waals surface area (Å²) < 4.78 is 30.2. The standard InChI is InChI=1S/C12H20N4O3S/c1-19-10-11-8-15(12-7-13-3-4-14-12)5-6-16(9-11)20(2,17)18/h3-4,7,11H,5-6,8-10H2,1-2H3. The van der Waals surface area contributed by atoms with Crippen molar-refractivity contribution in [3.05, 3.63) is 18.6 Å². The number of rotatable bonds is 4. The summed E-state index contributed by atoms with van der Waals surface area (Å²) in [7, 11) is -1.56. The summed E-state index contributed by atoms with van der Waals surface area (Å²) in [4.78, 5) is 10.4. The Morgan fingerprint density at radius 2 is 2.15 bits per heavy atom. The van der Waals surface area contributed by atoms with Gasteiger partial charge in [-0.15, -0.1) is 0 Å². The predicted octanol–water partition coefficient (Wildman–Crippen LogP) is -0.179. The van der Waals surface area contributed by atoms with Crippen LogP contribution in [0.4, 0.5) is 5.82 Å². The number of nitrogens with zero attached hydrogens (tertiary/aromatic N) is 4. The Morgan fingerprint density at radius 1 is 1.35 bits per heavy atom. The molecule has 1 aliphatic rings. The highest BCUT2D eigenvalue weighted by molar-refractivity contribution is 7.88. The zero-order valence-corrected chi connectivity index (χ0v) is 12.6. The van der Waals surface area contributed by atoms with E-state index in [0.29, 0.717) is 32.8 Å². The molecule has 1 unspecified atom stereocenters. The molecule has 1 aliphatic heterocycles. The van der Waals surface area contributed by atoms with E-state index in [2.05, 4.69) is 14.9 Å². The molecule has 0 radical (unpaired) electrons. The number of aromatic nitrogens is 2. The molecule has 1 aromatic heterocycles. The highest BCUT2D eigenvalue weighted by Gasteiger charge is 2.28. The summed E-state index contributed by atoms with van der Waals surface area (Å²) in [5.74, 6) is 0.878. The molecule has 1 aromatic rings. The lowest BCUT2D eigenvalue weighted by atomic mass is 10.1. The van der Waals surface area contributed by atoms with Gasteiger partial charge in [-0.2, -0.15) is 4.31 Å². The molecule has 8 heteroatoms. The molecular formula is C12H20N4O3S. The number of methoxy groups -OCH3 is 1. The van der Waals surface area contributed by atoms with Crippen molar-refractivity contribution in [1.82, 2.24) is 14.3 Å².